The third kappa shape index (κ3) is 2.11. The maximum atomic E-state index is 11.4. The third-order valence-corrected chi connectivity index (χ3v) is 2.53. The molecule has 0 aliphatic carbocycles. The molecule has 16 heavy (non-hydrogen) atoms. The number of benzene rings is 2. The third-order valence-electron chi connectivity index (χ3n) is 2.53. The Kier molecular flexibility index (Phi) is 3.01. The van der Waals surface area contributed by atoms with Gasteiger partial charge in [0.1, 0.15) is 0 Å². The molecule has 0 heterocycles. The van der Waals surface area contributed by atoms with Crippen molar-refractivity contribution in [1.29, 1.82) is 0 Å². The van der Waals surface area contributed by atoms with E-state index in [0.29, 0.717) is 0 Å². The summed E-state index contributed by atoms with van der Waals surface area (Å²) in [5.41, 5.74) is 9.11. The molecule has 0 atom stereocenters. The summed E-state index contributed by atoms with van der Waals surface area (Å²) >= 11 is 0. The van der Waals surface area contributed by atoms with Crippen LogP contribution >= 0.6 is 0 Å². The van der Waals surface area contributed by atoms with Gasteiger partial charge in [-0.15, -0.1) is 0 Å². The van der Waals surface area contributed by atoms with E-state index in [4.69, 9.17) is 5.73 Å². The topological polar surface area (TPSA) is 40.9 Å². The van der Waals surface area contributed by atoms with E-state index in [0.717, 1.165) is 11.1 Å². The summed E-state index contributed by atoms with van der Waals surface area (Å²) in [4.78, 5) is 11.4. The Morgan fingerprint density at radius 2 is 1.19 bits per heavy atom. The minimum absolute atomic E-state index is 0.470. The van der Waals surface area contributed by atoms with Crippen LogP contribution in [0.3, 0.4) is 0 Å². The molecule has 0 aliphatic heterocycles. The molecular formula is C14H12NO. The normalized spacial score (nSPS) is 10.3. The quantitative estimate of drug-likeness (QED) is 0.767. The van der Waals surface area contributed by atoms with Crippen molar-refractivity contribution in [3.63, 3.8) is 0 Å². The van der Waals surface area contributed by atoms with E-state index in [-0.39, 0.29) is 0 Å². The predicted octanol–water partition coefficient (Wildman–Crippen LogP) is 2.63. The number of carbonyl (C=O) groups excluding carboxylic acids is 1. The van der Waals surface area contributed by atoms with Gasteiger partial charge in [0.15, 0.2) is 0 Å². The lowest BCUT2D eigenvalue weighted by Gasteiger charge is -2.13. The van der Waals surface area contributed by atoms with Crippen LogP contribution in [0.2, 0.25) is 0 Å². The van der Waals surface area contributed by atoms with Crippen LogP contribution in [0, 0.1) is 0 Å². The van der Waals surface area contributed by atoms with E-state index in [2.05, 4.69) is 0 Å². The standard InChI is InChI=1S/C14H12NO/c15-14(16)13(11-7-3-1-4-8-11)12-9-5-2-6-10-12/h1-10,13,15H. The Hall–Kier alpha value is -2.09. The first-order valence-electron chi connectivity index (χ1n) is 5.14. The van der Waals surface area contributed by atoms with Gasteiger partial charge in [-0.1, -0.05) is 60.7 Å². The fourth-order valence-electron chi connectivity index (χ4n) is 1.79. The molecule has 0 aliphatic rings. The van der Waals surface area contributed by atoms with Crippen molar-refractivity contribution in [3.8, 4) is 0 Å². The Balaban J connectivity index is 2.44. The second-order valence-electron chi connectivity index (χ2n) is 3.62. The van der Waals surface area contributed by atoms with E-state index < -0.39 is 11.8 Å². The van der Waals surface area contributed by atoms with Crippen LogP contribution in [0.4, 0.5) is 0 Å². The lowest BCUT2D eigenvalue weighted by Crippen LogP contribution is -2.14. The molecule has 1 radical (unpaired) electrons. The predicted molar refractivity (Wildman–Crippen MR) is 62.8 cm³/mol. The zero-order valence-electron chi connectivity index (χ0n) is 8.76. The summed E-state index contributed by atoms with van der Waals surface area (Å²) in [5, 5.41) is 0. The molecule has 2 rings (SSSR count). The molecular weight excluding hydrogens is 198 g/mol. The lowest BCUT2D eigenvalue weighted by atomic mass is 9.91. The van der Waals surface area contributed by atoms with Gasteiger partial charge in [0.2, 0.25) is 5.91 Å². The van der Waals surface area contributed by atoms with Gasteiger partial charge in [-0.25, -0.2) is 0 Å². The van der Waals surface area contributed by atoms with E-state index in [1.54, 1.807) is 0 Å². The van der Waals surface area contributed by atoms with Crippen molar-refractivity contribution in [3.05, 3.63) is 71.8 Å². The largest absolute Gasteiger partial charge is 0.272 e. The van der Waals surface area contributed by atoms with Crippen LogP contribution in [-0.2, 0) is 4.79 Å². The average Bonchev–Trinajstić information content (AvgIpc) is 2.31. The smallest absolute Gasteiger partial charge is 0.250 e. The Labute approximate surface area is 94.7 Å². The molecule has 0 saturated carbocycles. The number of nitrogens with one attached hydrogen (secondary N) is 1. The summed E-state index contributed by atoms with van der Waals surface area (Å²) in [6.45, 7) is 0. The van der Waals surface area contributed by atoms with E-state index in [9.17, 15) is 4.79 Å². The van der Waals surface area contributed by atoms with Crippen molar-refractivity contribution >= 4 is 5.91 Å². The highest BCUT2D eigenvalue weighted by Gasteiger charge is 2.19. The van der Waals surface area contributed by atoms with Gasteiger partial charge in [-0.3, -0.25) is 10.5 Å². The first-order valence-corrected chi connectivity index (χ1v) is 5.14. The van der Waals surface area contributed by atoms with Gasteiger partial charge < -0.3 is 0 Å². The SMILES string of the molecule is [NH]C(=O)C(c1ccccc1)c1ccccc1. The number of hydrogen-bond donors (Lipinski definition) is 0. The van der Waals surface area contributed by atoms with Gasteiger partial charge in [0.05, 0.1) is 5.92 Å². The molecule has 2 aromatic carbocycles. The highest BCUT2D eigenvalue weighted by Crippen LogP contribution is 2.24. The summed E-state index contributed by atoms with van der Waals surface area (Å²) in [6.07, 6.45) is 0. The van der Waals surface area contributed by atoms with Gasteiger partial charge in [0.25, 0.3) is 0 Å². The van der Waals surface area contributed by atoms with Crippen LogP contribution in [0.1, 0.15) is 17.0 Å². The molecule has 2 aromatic rings. The first-order chi connectivity index (χ1) is 7.79. The van der Waals surface area contributed by atoms with Gasteiger partial charge in [-0.2, -0.15) is 0 Å². The number of amides is 1. The summed E-state index contributed by atoms with van der Waals surface area (Å²) < 4.78 is 0. The highest BCUT2D eigenvalue weighted by atomic mass is 16.1. The minimum atomic E-state index is -0.572. The van der Waals surface area contributed by atoms with E-state index >= 15 is 0 Å². The molecule has 0 bridgehead atoms. The first kappa shape index (κ1) is 10.4. The zero-order valence-corrected chi connectivity index (χ0v) is 8.76. The van der Waals surface area contributed by atoms with Crippen molar-refractivity contribution < 1.29 is 4.79 Å². The van der Waals surface area contributed by atoms with Crippen LogP contribution in [0.15, 0.2) is 60.7 Å². The Morgan fingerprint density at radius 3 is 1.50 bits per heavy atom. The number of rotatable bonds is 3. The average molecular weight is 210 g/mol. The van der Waals surface area contributed by atoms with Crippen molar-refractivity contribution in [2.45, 2.75) is 5.92 Å². The highest BCUT2D eigenvalue weighted by molar-refractivity contribution is 5.84. The number of hydrogen-bond acceptors (Lipinski definition) is 1. The summed E-state index contributed by atoms with van der Waals surface area (Å²) in [5.74, 6) is -1.04. The maximum Gasteiger partial charge on any atom is 0.250 e. The maximum absolute atomic E-state index is 11.4. The fraction of sp³-hybridized carbons (Fsp3) is 0.0714. The fourth-order valence-corrected chi connectivity index (χ4v) is 1.79. The van der Waals surface area contributed by atoms with Crippen LogP contribution < -0.4 is 5.73 Å². The van der Waals surface area contributed by atoms with Gasteiger partial charge in [0, 0.05) is 0 Å². The molecule has 0 fully saturated rings. The molecule has 2 heteroatoms. The van der Waals surface area contributed by atoms with Crippen molar-refractivity contribution in [2.75, 3.05) is 0 Å². The van der Waals surface area contributed by atoms with Crippen LogP contribution in [0.5, 0.6) is 0 Å². The van der Waals surface area contributed by atoms with Crippen molar-refractivity contribution in [2.24, 2.45) is 0 Å². The zero-order chi connectivity index (χ0) is 11.4. The van der Waals surface area contributed by atoms with Gasteiger partial charge >= 0.3 is 0 Å². The molecule has 1 amide bonds. The number of carbonyl (C=O) groups is 1. The molecule has 0 unspecified atom stereocenters. The molecule has 0 saturated heterocycles. The van der Waals surface area contributed by atoms with E-state index in [1.165, 1.54) is 0 Å². The summed E-state index contributed by atoms with van der Waals surface area (Å²) in [7, 11) is 0. The molecule has 0 spiro atoms. The lowest BCUT2D eigenvalue weighted by molar-refractivity contribution is -0.119. The molecule has 79 valence electrons. The monoisotopic (exact) mass is 210 g/mol. The van der Waals surface area contributed by atoms with Crippen LogP contribution in [0.25, 0.3) is 0 Å². The summed E-state index contributed by atoms with van der Waals surface area (Å²) in [6, 6.07) is 18.9. The second kappa shape index (κ2) is 4.62. The van der Waals surface area contributed by atoms with Crippen molar-refractivity contribution in [1.82, 2.24) is 5.73 Å². The van der Waals surface area contributed by atoms with E-state index in [1.807, 2.05) is 60.7 Å². The molecule has 0 aromatic heterocycles. The Morgan fingerprint density at radius 1 is 0.812 bits per heavy atom. The van der Waals surface area contributed by atoms with Gasteiger partial charge in [-0.05, 0) is 11.1 Å². The van der Waals surface area contributed by atoms with Crippen LogP contribution in [-0.4, -0.2) is 5.91 Å². The second-order valence-corrected chi connectivity index (χ2v) is 3.62. The minimum Gasteiger partial charge on any atom is -0.272 e. The molecule has 1 N–H and O–H groups in total. The Bertz CT molecular complexity index is 425. The molecule has 2 nitrogen and oxygen atoms in total.